The Hall–Kier alpha value is -3.87. The number of amides is 1. The number of hydrogen-bond donors (Lipinski definition) is 0. The van der Waals surface area contributed by atoms with Crippen molar-refractivity contribution in [1.82, 2.24) is 15.1 Å². The van der Waals surface area contributed by atoms with Gasteiger partial charge in [0.1, 0.15) is 17.8 Å². The van der Waals surface area contributed by atoms with Gasteiger partial charge in [0.05, 0.1) is 16.9 Å². The van der Waals surface area contributed by atoms with Crippen LogP contribution in [0.2, 0.25) is 0 Å². The Morgan fingerprint density at radius 3 is 2.48 bits per heavy atom. The van der Waals surface area contributed by atoms with Crippen molar-refractivity contribution >= 4 is 17.5 Å². The molecular weight excluding hydrogens is 395 g/mol. The molecule has 4 rings (SSSR count). The fourth-order valence-electron chi connectivity index (χ4n) is 3.49. The van der Waals surface area contributed by atoms with E-state index >= 15 is 0 Å². The molecule has 2 aromatic carbocycles. The lowest BCUT2D eigenvalue weighted by Gasteiger charge is -2.21. The highest BCUT2D eigenvalue weighted by molar-refractivity contribution is 6.03. The van der Waals surface area contributed by atoms with Crippen LogP contribution >= 0.6 is 0 Å². The van der Waals surface area contributed by atoms with Crippen LogP contribution in [0.4, 0.5) is 16.0 Å². The summed E-state index contributed by atoms with van der Waals surface area (Å²) >= 11 is 0. The van der Waals surface area contributed by atoms with Crippen LogP contribution in [0.25, 0.3) is 22.5 Å². The van der Waals surface area contributed by atoms with Crippen molar-refractivity contribution in [1.29, 1.82) is 0 Å². The first kappa shape index (κ1) is 20.4. The minimum atomic E-state index is -0.443. The summed E-state index contributed by atoms with van der Waals surface area (Å²) in [4.78, 5) is 22.5. The Labute approximate surface area is 179 Å². The van der Waals surface area contributed by atoms with E-state index in [-0.39, 0.29) is 23.0 Å². The van der Waals surface area contributed by atoms with Crippen molar-refractivity contribution in [3.05, 3.63) is 77.5 Å². The molecule has 1 amide bonds. The maximum atomic E-state index is 14.8. The molecule has 0 N–H and O–H groups in total. The molecule has 0 saturated carbocycles. The van der Waals surface area contributed by atoms with E-state index in [0.29, 0.717) is 16.9 Å². The Kier molecular flexibility index (Phi) is 5.33. The lowest BCUT2D eigenvalue weighted by Crippen LogP contribution is -2.24. The van der Waals surface area contributed by atoms with E-state index in [1.165, 1.54) is 24.2 Å². The molecule has 2 heterocycles. The third-order valence-corrected chi connectivity index (χ3v) is 5.01. The van der Waals surface area contributed by atoms with Crippen LogP contribution in [-0.4, -0.2) is 21.0 Å². The SMILES string of the molecule is CC(=O)N(c1cc(C)ccc1C)c1onc(-c2cc(C)ccc2F)c1-c1ccncn1. The normalized spacial score (nSPS) is 10.9. The second kappa shape index (κ2) is 8.10. The number of rotatable bonds is 4. The van der Waals surface area contributed by atoms with Gasteiger partial charge in [-0.2, -0.15) is 0 Å². The third-order valence-electron chi connectivity index (χ3n) is 5.01. The smallest absolute Gasteiger partial charge is 0.248 e. The van der Waals surface area contributed by atoms with E-state index in [1.54, 1.807) is 24.4 Å². The Bertz CT molecular complexity index is 1270. The van der Waals surface area contributed by atoms with E-state index in [2.05, 4.69) is 15.1 Å². The van der Waals surface area contributed by atoms with Crippen LogP contribution in [0.5, 0.6) is 0 Å². The van der Waals surface area contributed by atoms with Crippen molar-refractivity contribution in [2.45, 2.75) is 27.7 Å². The lowest BCUT2D eigenvalue weighted by atomic mass is 10.0. The van der Waals surface area contributed by atoms with Gasteiger partial charge in [0.15, 0.2) is 0 Å². The summed E-state index contributed by atoms with van der Waals surface area (Å²) in [6.07, 6.45) is 2.96. The number of nitrogens with zero attached hydrogens (tertiary/aromatic N) is 4. The number of aryl methyl sites for hydroxylation is 3. The summed E-state index contributed by atoms with van der Waals surface area (Å²) in [5, 5.41) is 4.18. The van der Waals surface area contributed by atoms with Gasteiger partial charge >= 0.3 is 0 Å². The number of benzene rings is 2. The molecule has 0 aliphatic carbocycles. The van der Waals surface area contributed by atoms with Gasteiger partial charge in [0.2, 0.25) is 11.8 Å². The minimum Gasteiger partial charge on any atom is -0.336 e. The Morgan fingerprint density at radius 1 is 1.03 bits per heavy atom. The molecule has 31 heavy (non-hydrogen) atoms. The standard InChI is InChI=1S/C24H21FN4O2/c1-14-6-8-19(25)18(11-14)23-22(20-9-10-26-13-27-20)24(31-28-23)29(17(4)30)21-12-15(2)5-7-16(21)3/h5-13H,1-4H3. The third kappa shape index (κ3) is 3.82. The highest BCUT2D eigenvalue weighted by atomic mass is 19.1. The molecule has 0 saturated heterocycles. The highest BCUT2D eigenvalue weighted by Crippen LogP contribution is 2.42. The molecule has 0 aliphatic rings. The van der Waals surface area contributed by atoms with Crippen molar-refractivity contribution in [2.24, 2.45) is 0 Å². The summed E-state index contributed by atoms with van der Waals surface area (Å²) < 4.78 is 20.5. The van der Waals surface area contributed by atoms with E-state index in [4.69, 9.17) is 4.52 Å². The molecule has 0 spiro atoms. The molecule has 0 fully saturated rings. The molecule has 7 heteroatoms. The lowest BCUT2D eigenvalue weighted by molar-refractivity contribution is -0.116. The molecule has 0 atom stereocenters. The number of hydrogen-bond acceptors (Lipinski definition) is 5. The molecule has 156 valence electrons. The molecule has 0 bridgehead atoms. The zero-order valence-corrected chi connectivity index (χ0v) is 17.7. The minimum absolute atomic E-state index is 0.177. The average molecular weight is 416 g/mol. The Morgan fingerprint density at radius 2 is 1.77 bits per heavy atom. The van der Waals surface area contributed by atoms with E-state index in [9.17, 15) is 9.18 Å². The van der Waals surface area contributed by atoms with Gasteiger partial charge in [-0.1, -0.05) is 28.9 Å². The molecular formula is C24H21FN4O2. The predicted octanol–water partition coefficient (Wildman–Crippen LogP) is 5.55. The Balaban J connectivity index is 2.02. The zero-order chi connectivity index (χ0) is 22.1. The van der Waals surface area contributed by atoms with Gasteiger partial charge in [-0.15, -0.1) is 0 Å². The van der Waals surface area contributed by atoms with Crippen LogP contribution in [0, 0.1) is 26.6 Å². The maximum absolute atomic E-state index is 14.8. The predicted molar refractivity (Wildman–Crippen MR) is 116 cm³/mol. The summed E-state index contributed by atoms with van der Waals surface area (Å²) in [7, 11) is 0. The van der Waals surface area contributed by atoms with Gasteiger partial charge in [-0.25, -0.2) is 19.3 Å². The molecule has 0 radical (unpaired) electrons. The quantitative estimate of drug-likeness (QED) is 0.436. The van der Waals surface area contributed by atoms with Crippen LogP contribution in [0.15, 0.2) is 59.5 Å². The van der Waals surface area contributed by atoms with Crippen molar-refractivity contribution < 1.29 is 13.7 Å². The fourth-order valence-corrected chi connectivity index (χ4v) is 3.49. The van der Waals surface area contributed by atoms with Crippen molar-refractivity contribution in [3.63, 3.8) is 0 Å². The molecule has 4 aromatic rings. The monoisotopic (exact) mass is 416 g/mol. The fraction of sp³-hybridized carbons (Fsp3) is 0.167. The molecule has 0 aliphatic heterocycles. The van der Waals surface area contributed by atoms with Gasteiger partial charge in [-0.3, -0.25) is 4.79 Å². The number of carbonyl (C=O) groups excluding carboxylic acids is 1. The van der Waals surface area contributed by atoms with E-state index in [0.717, 1.165) is 16.7 Å². The van der Waals surface area contributed by atoms with Crippen LogP contribution < -0.4 is 4.90 Å². The van der Waals surface area contributed by atoms with Crippen LogP contribution in [0.1, 0.15) is 23.6 Å². The van der Waals surface area contributed by atoms with Gasteiger partial charge in [0.25, 0.3) is 0 Å². The summed E-state index contributed by atoms with van der Waals surface area (Å²) in [6, 6.07) is 12.2. The summed E-state index contributed by atoms with van der Waals surface area (Å²) in [5.74, 6) is -0.533. The number of halogens is 1. The average Bonchev–Trinajstić information content (AvgIpc) is 3.17. The summed E-state index contributed by atoms with van der Waals surface area (Å²) in [6.45, 7) is 7.17. The molecule has 6 nitrogen and oxygen atoms in total. The van der Waals surface area contributed by atoms with E-state index < -0.39 is 5.82 Å². The molecule has 2 aromatic heterocycles. The van der Waals surface area contributed by atoms with Gasteiger partial charge < -0.3 is 4.52 Å². The van der Waals surface area contributed by atoms with Crippen molar-refractivity contribution in [3.8, 4) is 22.5 Å². The van der Waals surface area contributed by atoms with Crippen LogP contribution in [0.3, 0.4) is 0 Å². The maximum Gasteiger partial charge on any atom is 0.248 e. The topological polar surface area (TPSA) is 72.1 Å². The van der Waals surface area contributed by atoms with Gasteiger partial charge in [0, 0.05) is 18.7 Å². The first-order valence-electron chi connectivity index (χ1n) is 9.77. The zero-order valence-electron chi connectivity index (χ0n) is 17.7. The number of anilines is 2. The van der Waals surface area contributed by atoms with Crippen LogP contribution in [-0.2, 0) is 4.79 Å². The van der Waals surface area contributed by atoms with E-state index in [1.807, 2.05) is 39.0 Å². The first-order valence-corrected chi connectivity index (χ1v) is 9.77. The summed E-state index contributed by atoms with van der Waals surface area (Å²) in [5.41, 5.74) is 4.83. The first-order chi connectivity index (χ1) is 14.9. The highest BCUT2D eigenvalue weighted by Gasteiger charge is 2.30. The largest absolute Gasteiger partial charge is 0.336 e. The number of carbonyl (C=O) groups is 1. The second-order valence-corrected chi connectivity index (χ2v) is 7.43. The molecule has 0 unspecified atom stereocenters. The van der Waals surface area contributed by atoms with Crippen molar-refractivity contribution in [2.75, 3.05) is 4.90 Å². The second-order valence-electron chi connectivity index (χ2n) is 7.43. The van der Waals surface area contributed by atoms with Gasteiger partial charge in [-0.05, 0) is 56.2 Å². The number of aromatic nitrogens is 3.